The Balaban J connectivity index is 2.30. The van der Waals surface area contributed by atoms with Gasteiger partial charge in [0.15, 0.2) is 0 Å². The van der Waals surface area contributed by atoms with E-state index in [2.05, 4.69) is 31.4 Å². The fraction of sp³-hybridized carbons (Fsp3) is 0.933. The summed E-state index contributed by atoms with van der Waals surface area (Å²) in [6.45, 7) is 7.65. The maximum Gasteiger partial charge on any atom is 0.220 e. The summed E-state index contributed by atoms with van der Waals surface area (Å²) in [5.74, 6) is 0.815. The molecule has 3 atom stereocenters. The first-order valence-corrected chi connectivity index (χ1v) is 7.70. The number of unbranched alkanes of at least 4 members (excludes halogenated alkanes) is 1. The van der Waals surface area contributed by atoms with E-state index in [0.717, 1.165) is 19.4 Å². The molecular formula is C15H30N2O. The maximum atomic E-state index is 12.1. The summed E-state index contributed by atoms with van der Waals surface area (Å²) in [5.41, 5.74) is 0. The van der Waals surface area contributed by atoms with E-state index >= 15 is 0 Å². The van der Waals surface area contributed by atoms with Gasteiger partial charge in [0.05, 0.1) is 0 Å². The molecule has 2 N–H and O–H groups in total. The first-order valence-electron chi connectivity index (χ1n) is 7.70. The van der Waals surface area contributed by atoms with Crippen molar-refractivity contribution in [3.05, 3.63) is 0 Å². The number of amides is 1. The molecule has 1 saturated heterocycles. The number of carbonyl (C=O) groups is 1. The normalized spacial score (nSPS) is 25.7. The van der Waals surface area contributed by atoms with Crippen LogP contribution in [0.25, 0.3) is 0 Å². The molecule has 3 heteroatoms. The van der Waals surface area contributed by atoms with Gasteiger partial charge in [-0.3, -0.25) is 4.79 Å². The Morgan fingerprint density at radius 2 is 2.22 bits per heavy atom. The Kier molecular flexibility index (Phi) is 7.33. The van der Waals surface area contributed by atoms with Crippen molar-refractivity contribution in [2.24, 2.45) is 5.92 Å². The molecule has 0 bridgehead atoms. The maximum absolute atomic E-state index is 12.1. The molecule has 18 heavy (non-hydrogen) atoms. The summed E-state index contributed by atoms with van der Waals surface area (Å²) in [6, 6.07) is 0.744. The molecule has 1 aliphatic rings. The lowest BCUT2D eigenvalue weighted by atomic mass is 9.94. The van der Waals surface area contributed by atoms with Crippen LogP contribution in [0.15, 0.2) is 0 Å². The fourth-order valence-corrected chi connectivity index (χ4v) is 2.71. The molecule has 106 valence electrons. The number of rotatable bonds is 7. The van der Waals surface area contributed by atoms with Crippen molar-refractivity contribution in [3.8, 4) is 0 Å². The summed E-state index contributed by atoms with van der Waals surface area (Å²) < 4.78 is 0. The van der Waals surface area contributed by atoms with Gasteiger partial charge < -0.3 is 10.6 Å². The van der Waals surface area contributed by atoms with Gasteiger partial charge in [0, 0.05) is 18.5 Å². The highest BCUT2D eigenvalue weighted by Crippen LogP contribution is 2.17. The summed E-state index contributed by atoms with van der Waals surface area (Å²) in [5, 5.41) is 6.63. The number of nitrogens with one attached hydrogen (secondary N) is 2. The molecule has 1 rings (SSSR count). The van der Waals surface area contributed by atoms with Crippen LogP contribution in [-0.2, 0) is 4.79 Å². The zero-order valence-corrected chi connectivity index (χ0v) is 12.3. The van der Waals surface area contributed by atoms with Crippen molar-refractivity contribution in [1.29, 1.82) is 0 Å². The SMILES string of the molecule is CCCCC(CC)CC(=O)NC1CCCNC1C. The highest BCUT2D eigenvalue weighted by Gasteiger charge is 2.23. The molecule has 0 aromatic heterocycles. The van der Waals surface area contributed by atoms with Gasteiger partial charge in [-0.15, -0.1) is 0 Å². The quantitative estimate of drug-likeness (QED) is 0.733. The van der Waals surface area contributed by atoms with Crippen LogP contribution in [0, 0.1) is 5.92 Å². The van der Waals surface area contributed by atoms with Crippen molar-refractivity contribution in [2.75, 3.05) is 6.54 Å². The predicted molar refractivity (Wildman–Crippen MR) is 76.6 cm³/mol. The second kappa shape index (κ2) is 8.52. The lowest BCUT2D eigenvalue weighted by Gasteiger charge is -2.31. The molecule has 0 aliphatic carbocycles. The van der Waals surface area contributed by atoms with Crippen LogP contribution in [0.5, 0.6) is 0 Å². The van der Waals surface area contributed by atoms with Gasteiger partial charge in [-0.1, -0.05) is 33.1 Å². The molecule has 1 heterocycles. The van der Waals surface area contributed by atoms with Crippen LogP contribution in [0.3, 0.4) is 0 Å². The third-order valence-electron chi connectivity index (χ3n) is 4.13. The van der Waals surface area contributed by atoms with Crippen molar-refractivity contribution < 1.29 is 4.79 Å². The number of hydrogen-bond acceptors (Lipinski definition) is 2. The molecule has 0 aromatic carbocycles. The zero-order valence-electron chi connectivity index (χ0n) is 12.3. The fourth-order valence-electron chi connectivity index (χ4n) is 2.71. The first-order chi connectivity index (χ1) is 8.67. The lowest BCUT2D eigenvalue weighted by molar-refractivity contribution is -0.123. The highest BCUT2D eigenvalue weighted by molar-refractivity contribution is 5.76. The number of carbonyl (C=O) groups excluding carboxylic acids is 1. The van der Waals surface area contributed by atoms with Crippen molar-refractivity contribution in [2.45, 2.75) is 77.8 Å². The van der Waals surface area contributed by atoms with Gasteiger partial charge in [-0.25, -0.2) is 0 Å². The molecular weight excluding hydrogens is 224 g/mol. The van der Waals surface area contributed by atoms with E-state index < -0.39 is 0 Å². The van der Waals surface area contributed by atoms with E-state index in [-0.39, 0.29) is 5.91 Å². The van der Waals surface area contributed by atoms with E-state index in [0.29, 0.717) is 24.4 Å². The molecule has 0 radical (unpaired) electrons. The van der Waals surface area contributed by atoms with Gasteiger partial charge >= 0.3 is 0 Å². The van der Waals surface area contributed by atoms with Crippen molar-refractivity contribution in [3.63, 3.8) is 0 Å². The second-order valence-electron chi connectivity index (χ2n) is 5.68. The molecule has 1 aliphatic heterocycles. The molecule has 3 unspecified atom stereocenters. The van der Waals surface area contributed by atoms with Gasteiger partial charge in [0.1, 0.15) is 0 Å². The largest absolute Gasteiger partial charge is 0.352 e. The summed E-state index contributed by atoms with van der Waals surface area (Å²) >= 11 is 0. The standard InChI is InChI=1S/C15H30N2O/c1-4-6-8-13(5-2)11-15(18)17-14-9-7-10-16-12(14)3/h12-14,16H,4-11H2,1-3H3,(H,17,18). The van der Waals surface area contributed by atoms with E-state index in [1.807, 2.05) is 0 Å². The third kappa shape index (κ3) is 5.38. The summed E-state index contributed by atoms with van der Waals surface area (Å²) in [6.07, 6.45) is 7.77. The lowest BCUT2D eigenvalue weighted by Crippen LogP contribution is -2.52. The molecule has 3 nitrogen and oxygen atoms in total. The van der Waals surface area contributed by atoms with Gasteiger partial charge in [-0.2, -0.15) is 0 Å². The molecule has 0 spiro atoms. The van der Waals surface area contributed by atoms with E-state index in [1.54, 1.807) is 0 Å². The van der Waals surface area contributed by atoms with Crippen LogP contribution in [-0.4, -0.2) is 24.5 Å². The van der Waals surface area contributed by atoms with E-state index in [9.17, 15) is 4.79 Å². The Labute approximate surface area is 112 Å². The van der Waals surface area contributed by atoms with Crippen LogP contribution in [0.4, 0.5) is 0 Å². The Bertz CT molecular complexity index is 243. The van der Waals surface area contributed by atoms with E-state index in [1.165, 1.54) is 25.7 Å². The molecule has 0 aromatic rings. The second-order valence-corrected chi connectivity index (χ2v) is 5.68. The minimum Gasteiger partial charge on any atom is -0.352 e. The van der Waals surface area contributed by atoms with Crippen molar-refractivity contribution in [1.82, 2.24) is 10.6 Å². The van der Waals surface area contributed by atoms with Crippen LogP contribution in [0.2, 0.25) is 0 Å². The summed E-state index contributed by atoms with van der Waals surface area (Å²) in [7, 11) is 0. The number of hydrogen-bond donors (Lipinski definition) is 2. The van der Waals surface area contributed by atoms with E-state index in [4.69, 9.17) is 0 Å². The van der Waals surface area contributed by atoms with Gasteiger partial charge in [0.2, 0.25) is 5.91 Å². The third-order valence-corrected chi connectivity index (χ3v) is 4.13. The zero-order chi connectivity index (χ0) is 13.4. The smallest absolute Gasteiger partial charge is 0.220 e. The minimum atomic E-state index is 0.249. The van der Waals surface area contributed by atoms with Crippen LogP contribution in [0.1, 0.15) is 65.7 Å². The molecule has 1 amide bonds. The predicted octanol–water partition coefficient (Wildman–Crippen LogP) is 2.85. The van der Waals surface area contributed by atoms with Crippen LogP contribution >= 0.6 is 0 Å². The average molecular weight is 254 g/mol. The molecule has 0 saturated carbocycles. The average Bonchev–Trinajstić information content (AvgIpc) is 2.37. The Hall–Kier alpha value is -0.570. The van der Waals surface area contributed by atoms with Crippen molar-refractivity contribution >= 4 is 5.91 Å². The monoisotopic (exact) mass is 254 g/mol. The van der Waals surface area contributed by atoms with Crippen LogP contribution < -0.4 is 10.6 Å². The van der Waals surface area contributed by atoms with Gasteiger partial charge in [0.25, 0.3) is 0 Å². The number of piperidine rings is 1. The first kappa shape index (κ1) is 15.5. The summed E-state index contributed by atoms with van der Waals surface area (Å²) in [4.78, 5) is 12.1. The molecule has 1 fully saturated rings. The topological polar surface area (TPSA) is 41.1 Å². The Morgan fingerprint density at radius 1 is 1.44 bits per heavy atom. The minimum absolute atomic E-state index is 0.249. The highest BCUT2D eigenvalue weighted by atomic mass is 16.1. The van der Waals surface area contributed by atoms with Gasteiger partial charge in [-0.05, 0) is 38.6 Å². The Morgan fingerprint density at radius 3 is 2.83 bits per heavy atom.